The highest BCUT2D eigenvalue weighted by atomic mass is 35.5. The van der Waals surface area contributed by atoms with E-state index in [4.69, 9.17) is 11.6 Å². The molecule has 1 amide bonds. The van der Waals surface area contributed by atoms with Gasteiger partial charge in [-0.25, -0.2) is 0 Å². The molecule has 5 heteroatoms. The van der Waals surface area contributed by atoms with Crippen LogP contribution in [0.4, 0.5) is 0 Å². The monoisotopic (exact) mass is 305 g/mol. The molecule has 0 N–H and O–H groups in total. The van der Waals surface area contributed by atoms with E-state index in [1.54, 1.807) is 15.8 Å². The summed E-state index contributed by atoms with van der Waals surface area (Å²) in [7, 11) is 3.69. The SMILES string of the molecule is CC(Cc1ccc(Cl)cc1)N(C)C(=O)Cc1cnn(C)c1. The Labute approximate surface area is 130 Å². The van der Waals surface area contributed by atoms with Crippen molar-refractivity contribution in [2.75, 3.05) is 7.05 Å². The lowest BCUT2D eigenvalue weighted by molar-refractivity contribution is -0.130. The van der Waals surface area contributed by atoms with Crippen molar-refractivity contribution < 1.29 is 4.79 Å². The van der Waals surface area contributed by atoms with Crippen LogP contribution in [0.25, 0.3) is 0 Å². The van der Waals surface area contributed by atoms with E-state index in [1.807, 2.05) is 44.6 Å². The second-order valence-electron chi connectivity index (χ2n) is 5.38. The molecular weight excluding hydrogens is 286 g/mol. The smallest absolute Gasteiger partial charge is 0.227 e. The second-order valence-corrected chi connectivity index (χ2v) is 5.82. The van der Waals surface area contributed by atoms with Gasteiger partial charge in [0.15, 0.2) is 0 Å². The van der Waals surface area contributed by atoms with E-state index in [9.17, 15) is 4.79 Å². The first-order chi connectivity index (χ1) is 9.95. The summed E-state index contributed by atoms with van der Waals surface area (Å²) in [5.41, 5.74) is 2.11. The molecule has 0 radical (unpaired) electrons. The number of likely N-dealkylation sites (N-methyl/N-ethyl adjacent to an activating group) is 1. The van der Waals surface area contributed by atoms with Crippen LogP contribution in [-0.2, 0) is 24.7 Å². The third-order valence-corrected chi connectivity index (χ3v) is 3.86. The third-order valence-electron chi connectivity index (χ3n) is 3.61. The minimum atomic E-state index is 0.101. The average molecular weight is 306 g/mol. The van der Waals surface area contributed by atoms with Gasteiger partial charge in [0.25, 0.3) is 0 Å². The molecule has 0 spiro atoms. The summed E-state index contributed by atoms with van der Waals surface area (Å²) in [6.45, 7) is 2.05. The minimum Gasteiger partial charge on any atom is -0.342 e. The van der Waals surface area contributed by atoms with Crippen molar-refractivity contribution in [2.24, 2.45) is 7.05 Å². The predicted octanol–water partition coefficient (Wildman–Crippen LogP) is 2.71. The first-order valence-corrected chi connectivity index (χ1v) is 7.31. The lowest BCUT2D eigenvalue weighted by Gasteiger charge is -2.25. The number of carbonyl (C=O) groups is 1. The van der Waals surface area contributed by atoms with Gasteiger partial charge < -0.3 is 4.90 Å². The maximum absolute atomic E-state index is 12.3. The van der Waals surface area contributed by atoms with Gasteiger partial charge in [-0.1, -0.05) is 23.7 Å². The van der Waals surface area contributed by atoms with E-state index >= 15 is 0 Å². The Balaban J connectivity index is 1.93. The first kappa shape index (κ1) is 15.6. The topological polar surface area (TPSA) is 38.1 Å². The van der Waals surface area contributed by atoms with Crippen LogP contribution >= 0.6 is 11.6 Å². The fourth-order valence-electron chi connectivity index (χ4n) is 2.21. The number of hydrogen-bond acceptors (Lipinski definition) is 2. The van der Waals surface area contributed by atoms with Crippen molar-refractivity contribution in [3.63, 3.8) is 0 Å². The molecule has 21 heavy (non-hydrogen) atoms. The highest BCUT2D eigenvalue weighted by Gasteiger charge is 2.17. The van der Waals surface area contributed by atoms with Gasteiger partial charge in [0.2, 0.25) is 5.91 Å². The lowest BCUT2D eigenvalue weighted by Crippen LogP contribution is -2.37. The highest BCUT2D eigenvalue weighted by molar-refractivity contribution is 6.30. The molecule has 112 valence electrons. The molecule has 2 rings (SSSR count). The molecule has 1 aromatic carbocycles. The summed E-state index contributed by atoms with van der Waals surface area (Å²) >= 11 is 5.88. The Morgan fingerprint density at radius 3 is 2.57 bits per heavy atom. The Hall–Kier alpha value is -1.81. The van der Waals surface area contributed by atoms with E-state index in [0.29, 0.717) is 6.42 Å². The molecule has 0 aliphatic heterocycles. The van der Waals surface area contributed by atoms with Crippen LogP contribution in [0.5, 0.6) is 0 Å². The summed E-state index contributed by atoms with van der Waals surface area (Å²) in [4.78, 5) is 14.1. The Kier molecular flexibility index (Phi) is 5.02. The number of hydrogen-bond donors (Lipinski definition) is 0. The summed E-state index contributed by atoms with van der Waals surface area (Å²) < 4.78 is 1.71. The number of halogens is 1. The van der Waals surface area contributed by atoms with Crippen molar-refractivity contribution in [3.05, 3.63) is 52.8 Å². The van der Waals surface area contributed by atoms with Crippen LogP contribution in [0.2, 0.25) is 5.02 Å². The summed E-state index contributed by atoms with van der Waals surface area (Å²) in [5, 5.41) is 4.81. The van der Waals surface area contributed by atoms with Gasteiger partial charge in [-0.3, -0.25) is 9.48 Å². The number of aryl methyl sites for hydroxylation is 1. The lowest BCUT2D eigenvalue weighted by atomic mass is 10.1. The van der Waals surface area contributed by atoms with E-state index in [-0.39, 0.29) is 11.9 Å². The molecule has 0 aliphatic rings. The maximum Gasteiger partial charge on any atom is 0.227 e. The fourth-order valence-corrected chi connectivity index (χ4v) is 2.33. The molecule has 0 fully saturated rings. The number of carbonyl (C=O) groups excluding carboxylic acids is 1. The molecule has 1 unspecified atom stereocenters. The van der Waals surface area contributed by atoms with E-state index in [2.05, 4.69) is 12.0 Å². The molecule has 0 bridgehead atoms. The van der Waals surface area contributed by atoms with Gasteiger partial charge in [0.1, 0.15) is 0 Å². The van der Waals surface area contributed by atoms with E-state index < -0.39 is 0 Å². The molecular formula is C16H20ClN3O. The highest BCUT2D eigenvalue weighted by Crippen LogP contribution is 2.13. The quantitative estimate of drug-likeness (QED) is 0.852. The van der Waals surface area contributed by atoms with Crippen LogP contribution in [0.3, 0.4) is 0 Å². The fraction of sp³-hybridized carbons (Fsp3) is 0.375. The van der Waals surface area contributed by atoms with Crippen molar-refractivity contribution >= 4 is 17.5 Å². The van der Waals surface area contributed by atoms with Crippen molar-refractivity contribution in [2.45, 2.75) is 25.8 Å². The van der Waals surface area contributed by atoms with Crippen LogP contribution in [0.1, 0.15) is 18.1 Å². The first-order valence-electron chi connectivity index (χ1n) is 6.93. The number of rotatable bonds is 5. The molecule has 2 aromatic rings. The van der Waals surface area contributed by atoms with E-state index in [0.717, 1.165) is 17.0 Å². The van der Waals surface area contributed by atoms with Crippen LogP contribution in [0.15, 0.2) is 36.7 Å². The van der Waals surface area contributed by atoms with Crippen LogP contribution < -0.4 is 0 Å². The van der Waals surface area contributed by atoms with Crippen LogP contribution in [0, 0.1) is 0 Å². The van der Waals surface area contributed by atoms with Crippen molar-refractivity contribution in [1.29, 1.82) is 0 Å². The molecule has 0 saturated carbocycles. The average Bonchev–Trinajstić information content (AvgIpc) is 2.85. The molecule has 1 aromatic heterocycles. The van der Waals surface area contributed by atoms with Gasteiger partial charge in [-0.2, -0.15) is 5.10 Å². The zero-order chi connectivity index (χ0) is 15.4. The van der Waals surface area contributed by atoms with Gasteiger partial charge in [0, 0.05) is 31.4 Å². The normalized spacial score (nSPS) is 12.2. The van der Waals surface area contributed by atoms with Gasteiger partial charge in [-0.05, 0) is 36.6 Å². The zero-order valence-electron chi connectivity index (χ0n) is 12.6. The molecule has 1 atom stereocenters. The predicted molar refractivity (Wildman–Crippen MR) is 84.3 cm³/mol. The Bertz CT molecular complexity index is 606. The standard InChI is InChI=1S/C16H20ClN3O/c1-12(8-13-4-6-15(17)7-5-13)20(3)16(21)9-14-10-18-19(2)11-14/h4-7,10-12H,8-9H2,1-3H3. The van der Waals surface area contributed by atoms with Gasteiger partial charge in [-0.15, -0.1) is 0 Å². The zero-order valence-corrected chi connectivity index (χ0v) is 13.3. The number of nitrogens with zero attached hydrogens (tertiary/aromatic N) is 3. The summed E-state index contributed by atoms with van der Waals surface area (Å²) in [6.07, 6.45) is 4.80. The largest absolute Gasteiger partial charge is 0.342 e. The number of amides is 1. The second kappa shape index (κ2) is 6.76. The molecule has 4 nitrogen and oxygen atoms in total. The Morgan fingerprint density at radius 1 is 1.33 bits per heavy atom. The third kappa shape index (κ3) is 4.33. The van der Waals surface area contributed by atoms with Gasteiger partial charge >= 0.3 is 0 Å². The molecule has 1 heterocycles. The number of benzene rings is 1. The van der Waals surface area contributed by atoms with Crippen molar-refractivity contribution in [3.8, 4) is 0 Å². The summed E-state index contributed by atoms with van der Waals surface area (Å²) in [5.74, 6) is 0.101. The van der Waals surface area contributed by atoms with Crippen LogP contribution in [-0.4, -0.2) is 33.7 Å². The Morgan fingerprint density at radius 2 is 2.00 bits per heavy atom. The van der Waals surface area contributed by atoms with Crippen molar-refractivity contribution in [1.82, 2.24) is 14.7 Å². The molecule has 0 aliphatic carbocycles. The summed E-state index contributed by atoms with van der Waals surface area (Å²) in [6, 6.07) is 7.88. The maximum atomic E-state index is 12.3. The van der Waals surface area contributed by atoms with E-state index in [1.165, 1.54) is 5.56 Å². The molecule has 0 saturated heterocycles. The minimum absolute atomic E-state index is 0.101. The number of aromatic nitrogens is 2. The van der Waals surface area contributed by atoms with Gasteiger partial charge in [0.05, 0.1) is 12.6 Å².